The Balaban J connectivity index is 1.87. The molecule has 1 atom stereocenters. The fourth-order valence-electron chi connectivity index (χ4n) is 3.14. The minimum Gasteiger partial charge on any atom is -0.340 e. The van der Waals surface area contributed by atoms with E-state index in [9.17, 15) is 4.79 Å². The zero-order valence-corrected chi connectivity index (χ0v) is 15.6. The van der Waals surface area contributed by atoms with E-state index in [0.29, 0.717) is 6.04 Å². The summed E-state index contributed by atoms with van der Waals surface area (Å²) in [4.78, 5) is 20.0. The van der Waals surface area contributed by atoms with Crippen LogP contribution in [0.25, 0.3) is 0 Å². The molecule has 6 nitrogen and oxygen atoms in total. The molecule has 1 aliphatic heterocycles. The Hall–Kier alpha value is -1.89. The van der Waals surface area contributed by atoms with Crippen LogP contribution in [-0.4, -0.2) is 38.2 Å². The van der Waals surface area contributed by atoms with Crippen LogP contribution < -0.4 is 4.80 Å². The summed E-state index contributed by atoms with van der Waals surface area (Å²) in [7, 11) is 0. The second-order valence-electron chi connectivity index (χ2n) is 6.58. The van der Waals surface area contributed by atoms with E-state index in [2.05, 4.69) is 28.9 Å². The number of amides is 1. The zero-order valence-electron chi connectivity index (χ0n) is 14.8. The summed E-state index contributed by atoms with van der Waals surface area (Å²) in [6, 6.07) is 0.305. The van der Waals surface area contributed by atoms with Gasteiger partial charge in [0.05, 0.1) is 18.4 Å². The highest BCUT2D eigenvalue weighted by Gasteiger charge is 2.29. The van der Waals surface area contributed by atoms with Crippen LogP contribution in [0.2, 0.25) is 0 Å². The van der Waals surface area contributed by atoms with Crippen LogP contribution in [0, 0.1) is 12.8 Å². The fourth-order valence-corrected chi connectivity index (χ4v) is 4.09. The lowest BCUT2D eigenvalue weighted by Gasteiger charge is -2.19. The number of hydrogen-bond acceptors (Lipinski definition) is 4. The largest absolute Gasteiger partial charge is 0.340 e. The van der Waals surface area contributed by atoms with Crippen molar-refractivity contribution in [3.63, 3.8) is 0 Å². The van der Waals surface area contributed by atoms with E-state index >= 15 is 0 Å². The van der Waals surface area contributed by atoms with Crippen molar-refractivity contribution in [2.24, 2.45) is 10.9 Å². The van der Waals surface area contributed by atoms with Crippen LogP contribution in [0.3, 0.4) is 0 Å². The number of carbonyl (C=O) groups is 1. The van der Waals surface area contributed by atoms with Crippen LogP contribution >= 0.6 is 11.3 Å². The normalized spacial score (nSPS) is 18.8. The van der Waals surface area contributed by atoms with Crippen molar-refractivity contribution in [3.8, 4) is 0 Å². The molecule has 0 radical (unpaired) electrons. The van der Waals surface area contributed by atoms with Crippen LogP contribution in [0.5, 0.6) is 0 Å². The Morgan fingerprint density at radius 2 is 2.29 bits per heavy atom. The summed E-state index contributed by atoms with van der Waals surface area (Å²) < 4.78 is 4.16. The molecule has 0 N–H and O–H groups in total. The van der Waals surface area contributed by atoms with Crippen molar-refractivity contribution < 1.29 is 4.79 Å². The van der Waals surface area contributed by atoms with Gasteiger partial charge in [0.1, 0.15) is 5.69 Å². The third-order valence-electron chi connectivity index (χ3n) is 4.42. The fraction of sp³-hybridized carbons (Fsp3) is 0.588. The number of aryl methyl sites for hydroxylation is 2. The standard InChI is InChI=1S/C17H25N5OS/c1-5-21-9-14(8-18-21)19-17-22(13(4)11-24-17)15-6-7-20(10-15)16(23)12(2)3/h8-9,11-12,15H,5-7,10H2,1-4H3/t15-/m1/s1. The van der Waals surface area contributed by atoms with Crippen molar-refractivity contribution in [2.45, 2.75) is 46.7 Å². The summed E-state index contributed by atoms with van der Waals surface area (Å²) in [5.41, 5.74) is 2.08. The molecule has 1 amide bonds. The highest BCUT2D eigenvalue weighted by atomic mass is 32.1. The second-order valence-corrected chi connectivity index (χ2v) is 7.41. The Kier molecular flexibility index (Phi) is 4.89. The van der Waals surface area contributed by atoms with Gasteiger partial charge < -0.3 is 9.47 Å². The minimum atomic E-state index is 0.0568. The van der Waals surface area contributed by atoms with Crippen molar-refractivity contribution in [1.29, 1.82) is 0 Å². The summed E-state index contributed by atoms with van der Waals surface area (Å²) in [5.74, 6) is 0.301. The maximum absolute atomic E-state index is 12.2. The van der Waals surface area contributed by atoms with E-state index in [1.54, 1.807) is 17.5 Å². The average molecular weight is 347 g/mol. The number of thiazole rings is 1. The van der Waals surface area contributed by atoms with Gasteiger partial charge in [-0.15, -0.1) is 11.3 Å². The smallest absolute Gasteiger partial charge is 0.225 e. The molecular weight excluding hydrogens is 322 g/mol. The summed E-state index contributed by atoms with van der Waals surface area (Å²) in [6.07, 6.45) is 4.74. The van der Waals surface area contributed by atoms with E-state index in [1.807, 2.05) is 29.6 Å². The van der Waals surface area contributed by atoms with E-state index in [0.717, 1.165) is 36.5 Å². The maximum atomic E-state index is 12.2. The maximum Gasteiger partial charge on any atom is 0.225 e. The number of carbonyl (C=O) groups excluding carboxylic acids is 1. The molecule has 0 saturated carbocycles. The number of hydrogen-bond donors (Lipinski definition) is 0. The van der Waals surface area contributed by atoms with Crippen LogP contribution in [0.4, 0.5) is 5.69 Å². The van der Waals surface area contributed by atoms with E-state index in [-0.39, 0.29) is 11.8 Å². The van der Waals surface area contributed by atoms with Gasteiger partial charge in [-0.05, 0) is 20.3 Å². The van der Waals surface area contributed by atoms with Crippen molar-refractivity contribution in [3.05, 3.63) is 28.3 Å². The highest BCUT2D eigenvalue weighted by molar-refractivity contribution is 7.07. The van der Waals surface area contributed by atoms with E-state index in [1.165, 1.54) is 5.69 Å². The molecule has 0 unspecified atom stereocenters. The van der Waals surface area contributed by atoms with E-state index < -0.39 is 0 Å². The predicted octanol–water partition coefficient (Wildman–Crippen LogP) is 2.74. The van der Waals surface area contributed by atoms with Crippen LogP contribution in [-0.2, 0) is 11.3 Å². The van der Waals surface area contributed by atoms with Gasteiger partial charge in [0.15, 0.2) is 4.80 Å². The monoisotopic (exact) mass is 347 g/mol. The van der Waals surface area contributed by atoms with Crippen molar-refractivity contribution >= 4 is 22.9 Å². The van der Waals surface area contributed by atoms with Crippen molar-refractivity contribution in [1.82, 2.24) is 19.2 Å². The molecule has 0 aliphatic carbocycles. The quantitative estimate of drug-likeness (QED) is 0.854. The summed E-state index contributed by atoms with van der Waals surface area (Å²) >= 11 is 1.65. The Morgan fingerprint density at radius 3 is 2.96 bits per heavy atom. The Morgan fingerprint density at radius 1 is 1.50 bits per heavy atom. The molecule has 0 bridgehead atoms. The first kappa shape index (κ1) is 17.0. The van der Waals surface area contributed by atoms with Gasteiger partial charge in [0.25, 0.3) is 0 Å². The highest BCUT2D eigenvalue weighted by Crippen LogP contribution is 2.24. The first-order valence-electron chi connectivity index (χ1n) is 8.52. The zero-order chi connectivity index (χ0) is 17.3. The van der Waals surface area contributed by atoms with Gasteiger partial charge in [-0.2, -0.15) is 5.10 Å². The number of aromatic nitrogens is 3. The number of nitrogens with zero attached hydrogens (tertiary/aromatic N) is 5. The first-order chi connectivity index (χ1) is 11.5. The third kappa shape index (κ3) is 3.31. The van der Waals surface area contributed by atoms with Gasteiger partial charge in [-0.25, -0.2) is 4.99 Å². The third-order valence-corrected chi connectivity index (χ3v) is 5.38. The summed E-state index contributed by atoms with van der Waals surface area (Å²) in [5, 5.41) is 6.42. The molecule has 1 saturated heterocycles. The molecule has 2 aromatic rings. The lowest BCUT2D eigenvalue weighted by Crippen LogP contribution is -2.33. The summed E-state index contributed by atoms with van der Waals surface area (Å²) in [6.45, 7) is 10.5. The van der Waals surface area contributed by atoms with Gasteiger partial charge in [0, 0.05) is 36.6 Å². The topological polar surface area (TPSA) is 55.4 Å². The molecule has 1 fully saturated rings. The SMILES string of the molecule is CCn1cc(N=c2scc(C)n2[C@@H]2CCN(C(=O)C(C)C)C2)cn1. The second kappa shape index (κ2) is 6.93. The molecule has 3 heterocycles. The van der Waals surface area contributed by atoms with E-state index in [4.69, 9.17) is 4.99 Å². The lowest BCUT2D eigenvalue weighted by molar-refractivity contribution is -0.133. The van der Waals surface area contributed by atoms with Crippen molar-refractivity contribution in [2.75, 3.05) is 13.1 Å². The van der Waals surface area contributed by atoms with Crippen LogP contribution in [0.1, 0.15) is 38.9 Å². The van der Waals surface area contributed by atoms with Gasteiger partial charge in [-0.3, -0.25) is 9.48 Å². The van der Waals surface area contributed by atoms with Gasteiger partial charge in [0.2, 0.25) is 5.91 Å². The molecule has 130 valence electrons. The van der Waals surface area contributed by atoms with Gasteiger partial charge >= 0.3 is 0 Å². The number of rotatable bonds is 4. The van der Waals surface area contributed by atoms with Crippen LogP contribution in [0.15, 0.2) is 22.8 Å². The molecule has 24 heavy (non-hydrogen) atoms. The molecular formula is C17H25N5OS. The lowest BCUT2D eigenvalue weighted by atomic mass is 10.2. The average Bonchev–Trinajstić information content (AvgIpc) is 3.27. The molecule has 1 aliphatic rings. The number of likely N-dealkylation sites (tertiary alicyclic amines) is 1. The molecule has 0 spiro atoms. The molecule has 0 aromatic carbocycles. The molecule has 2 aromatic heterocycles. The Labute approximate surface area is 146 Å². The Bertz CT molecular complexity index is 785. The van der Waals surface area contributed by atoms with Gasteiger partial charge in [-0.1, -0.05) is 13.8 Å². The molecule has 7 heteroatoms. The predicted molar refractivity (Wildman–Crippen MR) is 95.2 cm³/mol. The molecule has 3 rings (SSSR count). The minimum absolute atomic E-state index is 0.0568. The first-order valence-corrected chi connectivity index (χ1v) is 9.40.